The van der Waals surface area contributed by atoms with Crippen LogP contribution in [0.2, 0.25) is 0 Å². The van der Waals surface area contributed by atoms with Crippen molar-refractivity contribution < 1.29 is 9.53 Å². The lowest BCUT2D eigenvalue weighted by Gasteiger charge is -2.19. The monoisotopic (exact) mass is 464 g/mol. The highest BCUT2D eigenvalue weighted by Crippen LogP contribution is 2.30. The maximum atomic E-state index is 12.8. The van der Waals surface area contributed by atoms with Crippen LogP contribution in [0.3, 0.4) is 0 Å². The van der Waals surface area contributed by atoms with E-state index in [1.54, 1.807) is 11.8 Å². The average molecular weight is 465 g/mol. The second kappa shape index (κ2) is 10.5. The Hall–Kier alpha value is -2.97. The van der Waals surface area contributed by atoms with Gasteiger partial charge in [-0.1, -0.05) is 30.3 Å². The molecule has 0 bridgehead atoms. The summed E-state index contributed by atoms with van der Waals surface area (Å²) < 4.78 is 7.19. The standard InChI is InChI=1S/C26H36N6O2/c1-17-21(18(2)27-25-24(17)26(34-5)30-32(25)4)13-14-23(33)31(3)15-9-12-20-16-22(29-28-20)19-10-7-6-8-11-19/h6-8,10-11,20,22,28-29H,9,12-16H2,1-5H3. The van der Waals surface area contributed by atoms with Crippen molar-refractivity contribution in [2.75, 3.05) is 20.7 Å². The number of benzene rings is 1. The molecular weight excluding hydrogens is 428 g/mol. The first-order valence-electron chi connectivity index (χ1n) is 12.1. The van der Waals surface area contributed by atoms with Crippen LogP contribution in [0.15, 0.2) is 30.3 Å². The topological polar surface area (TPSA) is 84.3 Å². The van der Waals surface area contributed by atoms with Gasteiger partial charge in [-0.15, -0.1) is 5.10 Å². The average Bonchev–Trinajstić information content (AvgIpc) is 3.43. The minimum Gasteiger partial charge on any atom is -0.479 e. The highest BCUT2D eigenvalue weighted by molar-refractivity contribution is 5.86. The van der Waals surface area contributed by atoms with Crippen LogP contribution in [0.25, 0.3) is 11.0 Å². The molecule has 0 radical (unpaired) electrons. The molecule has 1 amide bonds. The fourth-order valence-corrected chi connectivity index (χ4v) is 4.95. The molecule has 2 unspecified atom stereocenters. The lowest BCUT2D eigenvalue weighted by atomic mass is 9.99. The highest BCUT2D eigenvalue weighted by atomic mass is 16.5. The molecule has 3 aromatic rings. The van der Waals surface area contributed by atoms with Crippen LogP contribution in [-0.2, 0) is 18.3 Å². The Morgan fingerprint density at radius 1 is 1.24 bits per heavy atom. The van der Waals surface area contributed by atoms with Crippen LogP contribution in [0.5, 0.6) is 5.88 Å². The smallest absolute Gasteiger partial charge is 0.242 e. The van der Waals surface area contributed by atoms with Crippen LogP contribution in [-0.4, -0.2) is 52.3 Å². The van der Waals surface area contributed by atoms with Crippen LogP contribution in [0, 0.1) is 13.8 Å². The van der Waals surface area contributed by atoms with Gasteiger partial charge >= 0.3 is 0 Å². The summed E-state index contributed by atoms with van der Waals surface area (Å²) in [6, 6.07) is 11.3. The third-order valence-electron chi connectivity index (χ3n) is 6.96. The summed E-state index contributed by atoms with van der Waals surface area (Å²) in [7, 11) is 5.40. The van der Waals surface area contributed by atoms with Crippen LogP contribution < -0.4 is 15.6 Å². The zero-order chi connectivity index (χ0) is 24.2. The molecule has 8 heteroatoms. The molecule has 3 heterocycles. The van der Waals surface area contributed by atoms with Gasteiger partial charge in [0.2, 0.25) is 11.8 Å². The van der Waals surface area contributed by atoms with Gasteiger partial charge in [0.15, 0.2) is 5.65 Å². The molecule has 1 aliphatic rings. The van der Waals surface area contributed by atoms with Gasteiger partial charge in [-0.25, -0.2) is 9.67 Å². The third kappa shape index (κ3) is 5.08. The Labute approximate surface area is 201 Å². The number of nitrogens with one attached hydrogen (secondary N) is 2. The van der Waals surface area contributed by atoms with E-state index in [1.165, 1.54) is 5.56 Å². The van der Waals surface area contributed by atoms with E-state index in [4.69, 9.17) is 9.72 Å². The predicted molar refractivity (Wildman–Crippen MR) is 134 cm³/mol. The first-order chi connectivity index (χ1) is 16.4. The fourth-order valence-electron chi connectivity index (χ4n) is 4.95. The van der Waals surface area contributed by atoms with E-state index in [0.29, 0.717) is 30.8 Å². The van der Waals surface area contributed by atoms with Gasteiger partial charge in [-0.05, 0) is 56.2 Å². The number of rotatable bonds is 9. The quantitative estimate of drug-likeness (QED) is 0.505. The zero-order valence-corrected chi connectivity index (χ0v) is 20.9. The van der Waals surface area contributed by atoms with Gasteiger partial charge in [-0.2, -0.15) is 0 Å². The van der Waals surface area contributed by atoms with Crippen molar-refractivity contribution in [3.63, 3.8) is 0 Å². The van der Waals surface area contributed by atoms with E-state index >= 15 is 0 Å². The maximum Gasteiger partial charge on any atom is 0.242 e. The molecule has 2 N–H and O–H groups in total. The molecule has 2 atom stereocenters. The van der Waals surface area contributed by atoms with Crippen LogP contribution in [0.4, 0.5) is 0 Å². The van der Waals surface area contributed by atoms with Crippen LogP contribution >= 0.6 is 0 Å². The Morgan fingerprint density at radius 2 is 2.00 bits per heavy atom. The van der Waals surface area contributed by atoms with E-state index in [1.807, 2.05) is 32.0 Å². The highest BCUT2D eigenvalue weighted by Gasteiger charge is 2.24. The number of carbonyl (C=O) groups is 1. The molecule has 2 aromatic heterocycles. The second-order valence-electron chi connectivity index (χ2n) is 9.27. The van der Waals surface area contributed by atoms with Gasteiger partial charge in [0.05, 0.1) is 12.5 Å². The summed E-state index contributed by atoms with van der Waals surface area (Å²) in [5, 5.41) is 5.34. The lowest BCUT2D eigenvalue weighted by molar-refractivity contribution is -0.129. The molecule has 0 saturated carbocycles. The number of nitrogens with zero attached hydrogens (tertiary/aromatic N) is 4. The molecule has 8 nitrogen and oxygen atoms in total. The molecule has 4 rings (SSSR count). The summed E-state index contributed by atoms with van der Waals surface area (Å²) >= 11 is 0. The maximum absolute atomic E-state index is 12.8. The number of amides is 1. The summed E-state index contributed by atoms with van der Waals surface area (Å²) in [6.07, 6.45) is 4.20. The molecule has 1 aromatic carbocycles. The van der Waals surface area contributed by atoms with Crippen molar-refractivity contribution in [2.24, 2.45) is 7.05 Å². The minimum absolute atomic E-state index is 0.164. The van der Waals surface area contributed by atoms with Crippen molar-refractivity contribution in [1.82, 2.24) is 30.5 Å². The molecule has 1 fully saturated rings. The zero-order valence-electron chi connectivity index (χ0n) is 20.9. The van der Waals surface area contributed by atoms with E-state index in [0.717, 1.165) is 53.7 Å². The number of aryl methyl sites for hydroxylation is 3. The molecule has 34 heavy (non-hydrogen) atoms. The minimum atomic E-state index is 0.164. The van der Waals surface area contributed by atoms with Crippen LogP contribution in [0.1, 0.15) is 54.1 Å². The Morgan fingerprint density at radius 3 is 2.74 bits per heavy atom. The number of hydrogen-bond acceptors (Lipinski definition) is 6. The molecule has 0 spiro atoms. The van der Waals surface area contributed by atoms with E-state index in [9.17, 15) is 4.79 Å². The Kier molecular flexibility index (Phi) is 7.48. The van der Waals surface area contributed by atoms with E-state index in [2.05, 4.69) is 47.1 Å². The first-order valence-corrected chi connectivity index (χ1v) is 12.1. The molecule has 1 saturated heterocycles. The van der Waals surface area contributed by atoms with Crippen molar-refractivity contribution in [2.45, 2.75) is 58.0 Å². The number of fused-ring (bicyclic) bond motifs is 1. The number of hydrazine groups is 1. The van der Waals surface area contributed by atoms with Gasteiger partial charge in [0, 0.05) is 44.8 Å². The first kappa shape index (κ1) is 24.2. The normalized spacial score (nSPS) is 17.9. The van der Waals surface area contributed by atoms with Gasteiger partial charge < -0.3 is 9.64 Å². The number of methoxy groups -OCH3 is 1. The SMILES string of the molecule is COc1nn(C)c2nc(C)c(CCC(=O)N(C)CCCC3CC(c4ccccc4)NN3)c(C)c12. The number of aromatic nitrogens is 3. The fraction of sp³-hybridized carbons (Fsp3) is 0.500. The number of pyridine rings is 1. The van der Waals surface area contributed by atoms with Crippen molar-refractivity contribution in [3.8, 4) is 5.88 Å². The summed E-state index contributed by atoms with van der Waals surface area (Å²) in [5.74, 6) is 0.744. The summed E-state index contributed by atoms with van der Waals surface area (Å²) in [6.45, 7) is 4.83. The largest absolute Gasteiger partial charge is 0.479 e. The summed E-state index contributed by atoms with van der Waals surface area (Å²) in [5.41, 5.74) is 12.1. The second-order valence-corrected chi connectivity index (χ2v) is 9.27. The van der Waals surface area contributed by atoms with Gasteiger partial charge in [-0.3, -0.25) is 15.6 Å². The third-order valence-corrected chi connectivity index (χ3v) is 6.96. The van der Waals surface area contributed by atoms with Crippen molar-refractivity contribution in [3.05, 3.63) is 52.7 Å². The van der Waals surface area contributed by atoms with E-state index in [-0.39, 0.29) is 5.91 Å². The Balaban J connectivity index is 1.27. The van der Waals surface area contributed by atoms with Gasteiger partial charge in [0.1, 0.15) is 0 Å². The predicted octanol–water partition coefficient (Wildman–Crippen LogP) is 3.37. The van der Waals surface area contributed by atoms with Crippen molar-refractivity contribution in [1.29, 1.82) is 0 Å². The van der Waals surface area contributed by atoms with Crippen molar-refractivity contribution >= 4 is 16.9 Å². The number of hydrogen-bond donors (Lipinski definition) is 2. The number of ether oxygens (including phenoxy) is 1. The van der Waals surface area contributed by atoms with E-state index < -0.39 is 0 Å². The molecule has 0 aliphatic carbocycles. The lowest BCUT2D eigenvalue weighted by Crippen LogP contribution is -2.32. The number of carbonyl (C=O) groups excluding carboxylic acids is 1. The summed E-state index contributed by atoms with van der Waals surface area (Å²) in [4.78, 5) is 19.4. The molecular formula is C26H36N6O2. The molecule has 1 aliphatic heterocycles. The Bertz CT molecular complexity index is 1140. The van der Waals surface area contributed by atoms with Gasteiger partial charge in [0.25, 0.3) is 0 Å². The molecule has 182 valence electrons.